The fraction of sp³-hybridized carbons (Fsp3) is 0.366. The SMILES string of the molecule is O=C(c1cc(C(F)(F)F)cc(C(F)(F)F)c1)N1CCC(N2CCC(O)(Cc3nc4ccccc4n3Cc3ccc(F)cc3)CC2)CC1Cc1ccccc1. The number of likely N-dealkylation sites (tertiary alicyclic amines) is 2. The van der Waals surface area contributed by atoms with E-state index in [1.807, 2.05) is 54.6 Å². The Morgan fingerprint density at radius 1 is 0.796 bits per heavy atom. The minimum Gasteiger partial charge on any atom is -0.389 e. The van der Waals surface area contributed by atoms with Gasteiger partial charge in [-0.2, -0.15) is 26.3 Å². The Kier molecular flexibility index (Phi) is 10.3. The molecule has 1 N–H and O–H groups in total. The van der Waals surface area contributed by atoms with Crippen molar-refractivity contribution in [3.05, 3.63) is 137 Å². The van der Waals surface area contributed by atoms with E-state index in [4.69, 9.17) is 4.98 Å². The summed E-state index contributed by atoms with van der Waals surface area (Å²) in [6.45, 7) is 1.70. The van der Waals surface area contributed by atoms with Gasteiger partial charge in [0.1, 0.15) is 11.6 Å². The molecule has 284 valence electrons. The Balaban J connectivity index is 1.08. The van der Waals surface area contributed by atoms with E-state index in [9.17, 15) is 40.6 Å². The first-order valence-corrected chi connectivity index (χ1v) is 17.9. The molecule has 6 nitrogen and oxygen atoms in total. The van der Waals surface area contributed by atoms with Gasteiger partial charge in [-0.1, -0.05) is 54.6 Å². The molecule has 0 radical (unpaired) electrons. The maximum atomic E-state index is 13.8. The van der Waals surface area contributed by atoms with Gasteiger partial charge in [0.05, 0.1) is 27.8 Å². The fourth-order valence-corrected chi connectivity index (χ4v) is 7.94. The molecule has 54 heavy (non-hydrogen) atoms. The lowest BCUT2D eigenvalue weighted by Gasteiger charge is -2.47. The second-order valence-corrected chi connectivity index (χ2v) is 14.5. The van der Waals surface area contributed by atoms with E-state index in [0.29, 0.717) is 70.3 Å². The van der Waals surface area contributed by atoms with Crippen LogP contribution in [0.3, 0.4) is 0 Å². The Morgan fingerprint density at radius 2 is 1.43 bits per heavy atom. The van der Waals surface area contributed by atoms with Crippen LogP contribution in [0.15, 0.2) is 97.1 Å². The molecule has 1 aromatic heterocycles. The largest absolute Gasteiger partial charge is 0.416 e. The number of hydrogen-bond donors (Lipinski definition) is 1. The number of rotatable bonds is 8. The van der Waals surface area contributed by atoms with Gasteiger partial charge in [-0.25, -0.2) is 9.37 Å². The molecule has 2 fully saturated rings. The lowest BCUT2D eigenvalue weighted by molar-refractivity contribution is -0.143. The highest BCUT2D eigenvalue weighted by atomic mass is 19.4. The first kappa shape index (κ1) is 37.6. The number of halogens is 7. The van der Waals surface area contributed by atoms with Crippen molar-refractivity contribution in [1.82, 2.24) is 19.4 Å². The van der Waals surface area contributed by atoms with Crippen molar-refractivity contribution in [2.24, 2.45) is 0 Å². The zero-order valence-electron chi connectivity index (χ0n) is 29.3. The van der Waals surface area contributed by atoms with Gasteiger partial charge in [-0.3, -0.25) is 4.79 Å². The monoisotopic (exact) mass is 752 g/mol. The summed E-state index contributed by atoms with van der Waals surface area (Å²) in [5.41, 5.74) is -1.28. The molecule has 7 rings (SSSR count). The molecule has 5 aromatic rings. The van der Waals surface area contributed by atoms with Crippen molar-refractivity contribution < 1.29 is 40.6 Å². The number of carbonyl (C=O) groups is 1. The molecular weight excluding hydrogens is 713 g/mol. The van der Waals surface area contributed by atoms with Crippen molar-refractivity contribution in [2.45, 2.75) is 75.1 Å². The number of alkyl halides is 6. The second-order valence-electron chi connectivity index (χ2n) is 14.5. The molecule has 1 amide bonds. The number of aliphatic hydroxyl groups is 1. The number of carbonyl (C=O) groups excluding carboxylic acids is 1. The third-order valence-electron chi connectivity index (χ3n) is 10.8. The van der Waals surface area contributed by atoms with Crippen molar-refractivity contribution >= 4 is 16.9 Å². The third-order valence-corrected chi connectivity index (χ3v) is 10.8. The number of aromatic nitrogens is 2. The van der Waals surface area contributed by atoms with Crippen molar-refractivity contribution in [1.29, 1.82) is 0 Å². The summed E-state index contributed by atoms with van der Waals surface area (Å²) >= 11 is 0. The van der Waals surface area contributed by atoms with Gasteiger partial charge in [-0.05, 0) is 85.7 Å². The summed E-state index contributed by atoms with van der Waals surface area (Å²) in [6, 6.07) is 23.8. The molecule has 2 atom stereocenters. The van der Waals surface area contributed by atoms with E-state index in [2.05, 4.69) is 9.47 Å². The average molecular weight is 753 g/mol. The molecule has 2 aliphatic heterocycles. The van der Waals surface area contributed by atoms with Crippen LogP contribution in [0.25, 0.3) is 11.0 Å². The maximum Gasteiger partial charge on any atom is 0.416 e. The van der Waals surface area contributed by atoms with Crippen LogP contribution in [0.1, 0.15) is 64.1 Å². The van der Waals surface area contributed by atoms with Gasteiger partial charge in [-0.15, -0.1) is 0 Å². The van der Waals surface area contributed by atoms with Crippen LogP contribution in [0, 0.1) is 5.82 Å². The molecule has 0 spiro atoms. The van der Waals surface area contributed by atoms with Crippen LogP contribution < -0.4 is 0 Å². The highest BCUT2D eigenvalue weighted by Gasteiger charge is 2.42. The summed E-state index contributed by atoms with van der Waals surface area (Å²) in [7, 11) is 0. The smallest absolute Gasteiger partial charge is 0.389 e. The summed E-state index contributed by atoms with van der Waals surface area (Å²) in [4.78, 5) is 22.4. The van der Waals surface area contributed by atoms with Crippen molar-refractivity contribution in [3.8, 4) is 0 Å². The number of nitrogens with zero attached hydrogens (tertiary/aromatic N) is 4. The number of fused-ring (bicyclic) bond motifs is 1. The first-order valence-electron chi connectivity index (χ1n) is 17.9. The summed E-state index contributed by atoms with van der Waals surface area (Å²) in [5, 5.41) is 11.9. The van der Waals surface area contributed by atoms with Gasteiger partial charge in [0.25, 0.3) is 5.91 Å². The first-order chi connectivity index (χ1) is 25.6. The van der Waals surface area contributed by atoms with Gasteiger partial charge >= 0.3 is 12.4 Å². The van der Waals surface area contributed by atoms with Gasteiger partial charge < -0.3 is 19.5 Å². The lowest BCUT2D eigenvalue weighted by atomic mass is 9.84. The van der Waals surface area contributed by atoms with Crippen LogP contribution in [-0.4, -0.2) is 67.7 Å². The quantitative estimate of drug-likeness (QED) is 0.162. The molecule has 0 aliphatic carbocycles. The number of imidazole rings is 1. The van der Waals surface area contributed by atoms with Crippen LogP contribution in [0.2, 0.25) is 0 Å². The zero-order chi connectivity index (χ0) is 38.3. The Labute approximate surface area is 307 Å². The average Bonchev–Trinajstić information content (AvgIpc) is 3.47. The molecule has 0 saturated carbocycles. The predicted molar refractivity (Wildman–Crippen MR) is 189 cm³/mol. The molecule has 2 unspecified atom stereocenters. The normalized spacial score (nSPS) is 19.7. The Hall–Kier alpha value is -4.75. The van der Waals surface area contributed by atoms with Crippen LogP contribution >= 0.6 is 0 Å². The second kappa shape index (κ2) is 14.8. The van der Waals surface area contributed by atoms with Gasteiger partial charge in [0.15, 0.2) is 0 Å². The zero-order valence-corrected chi connectivity index (χ0v) is 29.3. The van der Waals surface area contributed by atoms with E-state index in [-0.39, 0.29) is 24.5 Å². The molecule has 0 bridgehead atoms. The lowest BCUT2D eigenvalue weighted by Crippen LogP contribution is -2.56. The Bertz CT molecular complexity index is 2060. The minimum atomic E-state index is -5.07. The van der Waals surface area contributed by atoms with E-state index in [1.54, 1.807) is 12.1 Å². The van der Waals surface area contributed by atoms with E-state index in [0.717, 1.165) is 28.0 Å². The molecule has 3 heterocycles. The van der Waals surface area contributed by atoms with E-state index < -0.39 is 46.6 Å². The van der Waals surface area contributed by atoms with Crippen molar-refractivity contribution in [3.63, 3.8) is 0 Å². The Morgan fingerprint density at radius 3 is 2.07 bits per heavy atom. The minimum absolute atomic E-state index is 0.0254. The summed E-state index contributed by atoms with van der Waals surface area (Å²) in [5.74, 6) is -0.480. The van der Waals surface area contributed by atoms with Crippen molar-refractivity contribution in [2.75, 3.05) is 19.6 Å². The number of benzene rings is 4. The topological polar surface area (TPSA) is 61.6 Å². The highest BCUT2D eigenvalue weighted by molar-refractivity contribution is 5.95. The molecule has 4 aromatic carbocycles. The number of hydrogen-bond acceptors (Lipinski definition) is 4. The number of amides is 1. The fourth-order valence-electron chi connectivity index (χ4n) is 7.94. The maximum absolute atomic E-state index is 13.8. The summed E-state index contributed by atoms with van der Waals surface area (Å²) < 4.78 is 97.7. The summed E-state index contributed by atoms with van der Waals surface area (Å²) in [6.07, 6.45) is -7.66. The number of piperidine rings is 2. The van der Waals surface area contributed by atoms with Crippen LogP contribution in [-0.2, 0) is 31.7 Å². The number of para-hydroxylation sites is 2. The van der Waals surface area contributed by atoms with E-state index >= 15 is 0 Å². The standard InChI is InChI=1S/C41H39F7N4O2/c42-32-12-10-28(11-13-32)26-52-36-9-5-4-8-35(36)49-37(52)25-39(54)15-18-50(19-16-39)33-14-17-51(34(24-33)20-27-6-2-1-3-7-27)38(53)29-21-30(40(43,44)45)23-31(22-29)41(46,47)48/h1-13,21-23,33-34,54H,14-20,24-26H2. The highest BCUT2D eigenvalue weighted by Crippen LogP contribution is 2.38. The molecule has 2 saturated heterocycles. The van der Waals surface area contributed by atoms with Gasteiger partial charge in [0, 0.05) is 50.2 Å². The predicted octanol–water partition coefficient (Wildman–Crippen LogP) is 8.55. The third kappa shape index (κ3) is 8.32. The van der Waals surface area contributed by atoms with Crippen LogP contribution in [0.4, 0.5) is 30.7 Å². The molecule has 13 heteroatoms. The molecular formula is C41H39F7N4O2. The van der Waals surface area contributed by atoms with Crippen LogP contribution in [0.5, 0.6) is 0 Å². The molecule has 2 aliphatic rings. The van der Waals surface area contributed by atoms with Gasteiger partial charge in [0.2, 0.25) is 0 Å². The van der Waals surface area contributed by atoms with E-state index in [1.165, 1.54) is 17.0 Å².